The molecule has 0 spiro atoms. The second-order valence-corrected chi connectivity index (χ2v) is 8.49. The van der Waals surface area contributed by atoms with Crippen molar-refractivity contribution in [2.75, 3.05) is 37.7 Å². The molecule has 1 atom stereocenters. The molecule has 0 N–H and O–H groups in total. The fourth-order valence-electron chi connectivity index (χ4n) is 4.06. The van der Waals surface area contributed by atoms with Crippen LogP contribution in [0, 0.1) is 0 Å². The third-order valence-corrected chi connectivity index (χ3v) is 6.17. The highest BCUT2D eigenvalue weighted by Crippen LogP contribution is 2.33. The van der Waals surface area contributed by atoms with E-state index in [1.165, 1.54) is 17.7 Å². The van der Waals surface area contributed by atoms with E-state index in [-0.39, 0.29) is 18.4 Å². The lowest BCUT2D eigenvalue weighted by atomic mass is 9.95. The molecule has 4 nitrogen and oxygen atoms in total. The van der Waals surface area contributed by atoms with Gasteiger partial charge in [0.05, 0.1) is 24.7 Å². The number of carbonyl (C=O) groups excluding carboxylic acids is 1. The smallest absolute Gasteiger partial charge is 0.373 e. The number of ether oxygens (including phenoxy) is 1. The minimum absolute atomic E-state index is 0.0134. The zero-order valence-electron chi connectivity index (χ0n) is 16.3. The molecular weight excluding hydrogens is 461 g/mol. The van der Waals surface area contributed by atoms with Crippen molar-refractivity contribution in [3.8, 4) is 0 Å². The number of rotatable bonds is 3. The van der Waals surface area contributed by atoms with Gasteiger partial charge in [-0.25, -0.2) is 0 Å². The first-order valence-electron chi connectivity index (χ1n) is 9.91. The molecule has 2 aromatic carbocycles. The predicted octanol–water partition coefficient (Wildman–Crippen LogP) is 4.82. The minimum atomic E-state index is -4.36. The van der Waals surface area contributed by atoms with Crippen molar-refractivity contribution in [3.63, 3.8) is 0 Å². The molecule has 8 heteroatoms. The molecular formula is C22H22BrF3N2O2. The average molecular weight is 483 g/mol. The van der Waals surface area contributed by atoms with Gasteiger partial charge in [-0.15, -0.1) is 0 Å². The number of carbonyl (C=O) groups is 1. The summed E-state index contributed by atoms with van der Waals surface area (Å²) < 4.78 is 45.8. The monoisotopic (exact) mass is 482 g/mol. The highest BCUT2D eigenvalue weighted by Gasteiger charge is 2.32. The molecule has 1 amide bonds. The predicted molar refractivity (Wildman–Crippen MR) is 111 cm³/mol. The normalized spacial score (nSPS) is 19.5. The van der Waals surface area contributed by atoms with Crippen molar-refractivity contribution in [2.45, 2.75) is 25.1 Å². The maximum atomic E-state index is 13.0. The maximum absolute atomic E-state index is 13.0. The molecule has 0 bridgehead atoms. The van der Waals surface area contributed by atoms with Crippen molar-refractivity contribution < 1.29 is 22.7 Å². The molecule has 2 aliphatic rings. The summed E-state index contributed by atoms with van der Waals surface area (Å²) in [6.07, 6.45) is -3.51. The Morgan fingerprint density at radius 3 is 2.60 bits per heavy atom. The molecule has 0 radical (unpaired) electrons. The number of nitrogens with zero attached hydrogens (tertiary/aromatic N) is 2. The Morgan fingerprint density at radius 1 is 1.10 bits per heavy atom. The molecule has 2 aromatic rings. The van der Waals surface area contributed by atoms with E-state index in [2.05, 4.69) is 22.0 Å². The van der Waals surface area contributed by atoms with Crippen LogP contribution in [-0.4, -0.2) is 43.6 Å². The van der Waals surface area contributed by atoms with E-state index < -0.39 is 11.7 Å². The number of alkyl halides is 3. The molecule has 1 unspecified atom stereocenters. The van der Waals surface area contributed by atoms with Gasteiger partial charge in [0.2, 0.25) is 5.91 Å². The second-order valence-electron chi connectivity index (χ2n) is 7.57. The highest BCUT2D eigenvalue weighted by molar-refractivity contribution is 9.10. The quantitative estimate of drug-likeness (QED) is 0.628. The van der Waals surface area contributed by atoms with E-state index in [1.807, 2.05) is 17.0 Å². The number of amides is 1. The first-order chi connectivity index (χ1) is 14.3. The van der Waals surface area contributed by atoms with E-state index in [0.29, 0.717) is 38.5 Å². The number of hydrogen-bond acceptors (Lipinski definition) is 3. The van der Waals surface area contributed by atoms with Gasteiger partial charge in [-0.3, -0.25) is 4.79 Å². The molecule has 2 aliphatic heterocycles. The van der Waals surface area contributed by atoms with Crippen LogP contribution in [0.3, 0.4) is 0 Å². The Morgan fingerprint density at radius 2 is 1.87 bits per heavy atom. The molecule has 1 saturated heterocycles. The fraction of sp³-hybridized carbons (Fsp3) is 0.409. The van der Waals surface area contributed by atoms with E-state index in [0.717, 1.165) is 22.5 Å². The topological polar surface area (TPSA) is 32.8 Å². The molecule has 4 rings (SSSR count). The van der Waals surface area contributed by atoms with Crippen molar-refractivity contribution in [3.05, 3.63) is 63.6 Å². The number of fused-ring (bicyclic) bond motifs is 1. The summed E-state index contributed by atoms with van der Waals surface area (Å²) in [5.41, 5.74) is 2.13. The molecule has 0 aliphatic carbocycles. The van der Waals surface area contributed by atoms with E-state index in [1.54, 1.807) is 11.0 Å². The van der Waals surface area contributed by atoms with Crippen LogP contribution in [0.2, 0.25) is 0 Å². The van der Waals surface area contributed by atoms with Gasteiger partial charge < -0.3 is 14.5 Å². The van der Waals surface area contributed by atoms with E-state index in [4.69, 9.17) is 4.74 Å². The van der Waals surface area contributed by atoms with Crippen LogP contribution in [0.4, 0.5) is 18.9 Å². The summed E-state index contributed by atoms with van der Waals surface area (Å²) in [5, 5.41) is 0. The Bertz CT molecular complexity index is 927. The van der Waals surface area contributed by atoms with Crippen LogP contribution in [0.15, 0.2) is 46.9 Å². The summed E-state index contributed by atoms with van der Waals surface area (Å²) in [6.45, 7) is 2.55. The summed E-state index contributed by atoms with van der Waals surface area (Å²) in [4.78, 5) is 16.5. The summed E-state index contributed by atoms with van der Waals surface area (Å²) in [7, 11) is 0. The molecule has 0 aromatic heterocycles. The van der Waals surface area contributed by atoms with Gasteiger partial charge >= 0.3 is 6.18 Å². The number of halogens is 4. The number of benzene rings is 2. The van der Waals surface area contributed by atoms with Gasteiger partial charge in [0.1, 0.15) is 0 Å². The molecule has 0 saturated carbocycles. The van der Waals surface area contributed by atoms with Crippen LogP contribution in [0.25, 0.3) is 0 Å². The summed E-state index contributed by atoms with van der Waals surface area (Å²) in [6, 6.07) is 11.4. The van der Waals surface area contributed by atoms with Crippen molar-refractivity contribution >= 4 is 27.5 Å². The summed E-state index contributed by atoms with van der Waals surface area (Å²) >= 11 is 3.48. The van der Waals surface area contributed by atoms with Crippen molar-refractivity contribution in [2.24, 2.45) is 0 Å². The van der Waals surface area contributed by atoms with Gasteiger partial charge in [0.25, 0.3) is 0 Å². The van der Waals surface area contributed by atoms with Crippen LogP contribution >= 0.6 is 15.9 Å². The first-order valence-corrected chi connectivity index (χ1v) is 10.7. The fourth-order valence-corrected chi connectivity index (χ4v) is 4.46. The van der Waals surface area contributed by atoms with Crippen LogP contribution in [0.5, 0.6) is 0 Å². The lowest BCUT2D eigenvalue weighted by Crippen LogP contribution is -2.49. The van der Waals surface area contributed by atoms with Gasteiger partial charge in [0, 0.05) is 36.3 Å². The maximum Gasteiger partial charge on any atom is 0.416 e. The molecule has 1 fully saturated rings. The third-order valence-electron chi connectivity index (χ3n) is 5.67. The Balaban J connectivity index is 1.37. The van der Waals surface area contributed by atoms with Crippen LogP contribution in [0.1, 0.15) is 29.2 Å². The molecule has 2 heterocycles. The number of hydrogen-bond donors (Lipinski definition) is 0. The first kappa shape index (κ1) is 21.2. The Hall–Kier alpha value is -2.06. The van der Waals surface area contributed by atoms with Crippen LogP contribution in [-0.2, 0) is 22.1 Å². The zero-order chi connectivity index (χ0) is 21.3. The van der Waals surface area contributed by atoms with Gasteiger partial charge in [-0.05, 0) is 47.9 Å². The minimum Gasteiger partial charge on any atom is -0.373 e. The van der Waals surface area contributed by atoms with Gasteiger partial charge in [-0.2, -0.15) is 13.2 Å². The highest BCUT2D eigenvalue weighted by atomic mass is 79.9. The Labute approximate surface area is 181 Å². The summed E-state index contributed by atoms with van der Waals surface area (Å²) in [5.74, 6) is 0.0134. The molecule has 160 valence electrons. The standard InChI is InChI=1S/C22H22BrF3N2O2/c23-17-4-5-19-15(12-17)6-11-30-20(19)14-21(29)28-9-7-27(8-10-28)18-3-1-2-16(13-18)22(24,25)26/h1-5,12-13,20H,6-11,14H2. The van der Waals surface area contributed by atoms with Gasteiger partial charge in [-0.1, -0.05) is 28.1 Å². The molecule has 30 heavy (non-hydrogen) atoms. The second kappa shape index (κ2) is 8.59. The lowest BCUT2D eigenvalue weighted by Gasteiger charge is -2.37. The number of anilines is 1. The van der Waals surface area contributed by atoms with Gasteiger partial charge in [0.15, 0.2) is 0 Å². The third kappa shape index (κ3) is 4.64. The average Bonchev–Trinajstić information content (AvgIpc) is 2.73. The lowest BCUT2D eigenvalue weighted by molar-refractivity contribution is -0.137. The Kier molecular flexibility index (Phi) is 6.06. The van der Waals surface area contributed by atoms with E-state index >= 15 is 0 Å². The largest absolute Gasteiger partial charge is 0.416 e. The zero-order valence-corrected chi connectivity index (χ0v) is 17.9. The van der Waals surface area contributed by atoms with E-state index in [9.17, 15) is 18.0 Å². The number of piperazine rings is 1. The van der Waals surface area contributed by atoms with Crippen molar-refractivity contribution in [1.29, 1.82) is 0 Å². The van der Waals surface area contributed by atoms with Crippen molar-refractivity contribution in [1.82, 2.24) is 4.90 Å². The van der Waals surface area contributed by atoms with Crippen LogP contribution < -0.4 is 4.90 Å². The SMILES string of the molecule is O=C(CC1OCCc2cc(Br)ccc21)N1CCN(c2cccc(C(F)(F)F)c2)CC1.